The van der Waals surface area contributed by atoms with Crippen LogP contribution in [0.15, 0.2) is 53.4 Å². The second-order valence-corrected chi connectivity index (χ2v) is 6.08. The van der Waals surface area contributed by atoms with Crippen LogP contribution in [-0.4, -0.2) is 17.0 Å². The quantitative estimate of drug-likeness (QED) is 0.800. The van der Waals surface area contributed by atoms with E-state index in [-0.39, 0.29) is 11.9 Å². The Morgan fingerprint density at radius 3 is 2.62 bits per heavy atom. The fraction of sp³-hybridized carbons (Fsp3) is 0.294. The van der Waals surface area contributed by atoms with Crippen LogP contribution in [0.3, 0.4) is 0 Å². The largest absolute Gasteiger partial charge is 0.491 e. The van der Waals surface area contributed by atoms with E-state index in [1.165, 1.54) is 23.9 Å². The van der Waals surface area contributed by atoms with Crippen LogP contribution in [0.1, 0.15) is 25.5 Å². The Bertz CT molecular complexity index is 587. The third-order valence-corrected chi connectivity index (χ3v) is 3.91. The molecule has 0 radical (unpaired) electrons. The van der Waals surface area contributed by atoms with Crippen LogP contribution in [0.5, 0.6) is 5.75 Å². The van der Waals surface area contributed by atoms with Crippen LogP contribution >= 0.6 is 11.8 Å². The molecule has 0 heterocycles. The fourth-order valence-electron chi connectivity index (χ4n) is 1.94. The first kappa shape index (κ1) is 15.9. The number of para-hydroxylation sites is 1. The van der Waals surface area contributed by atoms with E-state index in [0.29, 0.717) is 11.5 Å². The lowest BCUT2D eigenvalue weighted by atomic mass is 10.1. The van der Waals surface area contributed by atoms with Crippen molar-refractivity contribution in [2.24, 2.45) is 0 Å². The molecule has 0 saturated heterocycles. The molecule has 112 valence electrons. The molecule has 1 N–H and O–H groups in total. The van der Waals surface area contributed by atoms with Crippen molar-refractivity contribution in [1.29, 1.82) is 0 Å². The molecular weight excluding hydrogens is 287 g/mol. The molecule has 1 unspecified atom stereocenters. The van der Waals surface area contributed by atoms with Gasteiger partial charge in [0.25, 0.3) is 0 Å². The normalized spacial score (nSPS) is 12.4. The summed E-state index contributed by atoms with van der Waals surface area (Å²) in [5, 5.41) is 10.4. The van der Waals surface area contributed by atoms with Crippen LogP contribution in [-0.2, 0) is 0 Å². The van der Waals surface area contributed by atoms with Crippen molar-refractivity contribution in [2.75, 3.05) is 5.75 Å². The van der Waals surface area contributed by atoms with Crippen LogP contribution < -0.4 is 4.74 Å². The molecule has 0 saturated carbocycles. The van der Waals surface area contributed by atoms with Gasteiger partial charge in [0.1, 0.15) is 11.6 Å². The third kappa shape index (κ3) is 4.76. The second-order valence-electron chi connectivity index (χ2n) is 4.99. The van der Waals surface area contributed by atoms with Gasteiger partial charge in [0.05, 0.1) is 12.2 Å². The Balaban J connectivity index is 2.04. The summed E-state index contributed by atoms with van der Waals surface area (Å²) in [4.78, 5) is 0.802. The van der Waals surface area contributed by atoms with E-state index in [9.17, 15) is 9.50 Å². The zero-order valence-corrected chi connectivity index (χ0v) is 12.9. The summed E-state index contributed by atoms with van der Waals surface area (Å²) in [5.41, 5.74) is 0.759. The highest BCUT2D eigenvalue weighted by molar-refractivity contribution is 7.99. The van der Waals surface area contributed by atoms with Gasteiger partial charge in [0.2, 0.25) is 0 Å². The van der Waals surface area contributed by atoms with Gasteiger partial charge >= 0.3 is 0 Å². The minimum atomic E-state index is -0.659. The number of rotatable bonds is 6. The van der Waals surface area contributed by atoms with E-state index in [4.69, 9.17) is 4.74 Å². The Hall–Kier alpha value is -1.52. The van der Waals surface area contributed by atoms with Crippen molar-refractivity contribution in [3.63, 3.8) is 0 Å². The van der Waals surface area contributed by atoms with E-state index < -0.39 is 6.10 Å². The van der Waals surface area contributed by atoms with Crippen molar-refractivity contribution in [2.45, 2.75) is 31.0 Å². The summed E-state index contributed by atoms with van der Waals surface area (Å²) in [6.45, 7) is 3.90. The molecule has 2 nitrogen and oxygen atoms in total. The lowest BCUT2D eigenvalue weighted by molar-refractivity contribution is 0.186. The van der Waals surface area contributed by atoms with Crippen LogP contribution in [0.25, 0.3) is 0 Å². The second kappa shape index (κ2) is 7.48. The van der Waals surface area contributed by atoms with Crippen molar-refractivity contribution in [3.05, 3.63) is 59.9 Å². The first-order chi connectivity index (χ1) is 10.1. The number of ether oxygens (including phenoxy) is 1. The molecule has 4 heteroatoms. The average Bonchev–Trinajstić information content (AvgIpc) is 2.45. The highest BCUT2D eigenvalue weighted by atomic mass is 32.2. The third-order valence-electron chi connectivity index (χ3n) is 2.84. The standard InChI is InChI=1S/C17H19FO2S/c1-12(2)20-17-9-4-3-8-15(17)16(19)11-21-14-7-5-6-13(18)10-14/h3-10,12,16,19H,11H2,1-2H3. The van der Waals surface area contributed by atoms with Crippen LogP contribution in [0.2, 0.25) is 0 Å². The van der Waals surface area contributed by atoms with E-state index >= 15 is 0 Å². The maximum absolute atomic E-state index is 13.1. The molecule has 2 rings (SSSR count). The Labute approximate surface area is 129 Å². The van der Waals surface area contributed by atoms with E-state index in [1.807, 2.05) is 44.2 Å². The van der Waals surface area contributed by atoms with Crippen LogP contribution in [0.4, 0.5) is 4.39 Å². The maximum atomic E-state index is 13.1. The highest BCUT2D eigenvalue weighted by Crippen LogP contribution is 2.30. The van der Waals surface area contributed by atoms with Gasteiger partial charge in [-0.15, -0.1) is 11.8 Å². The lowest BCUT2D eigenvalue weighted by Gasteiger charge is -2.17. The molecule has 0 aliphatic heterocycles. The first-order valence-corrected chi connectivity index (χ1v) is 7.87. The van der Waals surface area contributed by atoms with E-state index in [1.54, 1.807) is 6.07 Å². The minimum Gasteiger partial charge on any atom is -0.491 e. The molecule has 21 heavy (non-hydrogen) atoms. The predicted molar refractivity (Wildman–Crippen MR) is 84.3 cm³/mol. The van der Waals surface area contributed by atoms with Gasteiger partial charge < -0.3 is 9.84 Å². The highest BCUT2D eigenvalue weighted by Gasteiger charge is 2.14. The zero-order chi connectivity index (χ0) is 15.2. The number of aliphatic hydroxyl groups is 1. The molecule has 0 aliphatic carbocycles. The number of thioether (sulfide) groups is 1. The summed E-state index contributed by atoms with van der Waals surface area (Å²) >= 11 is 1.42. The summed E-state index contributed by atoms with van der Waals surface area (Å²) in [6.07, 6.45) is -0.609. The average molecular weight is 306 g/mol. The fourth-order valence-corrected chi connectivity index (χ4v) is 2.84. The molecule has 2 aromatic rings. The van der Waals surface area contributed by atoms with Gasteiger partial charge in [0.15, 0.2) is 0 Å². The molecule has 1 atom stereocenters. The smallest absolute Gasteiger partial charge is 0.125 e. The minimum absolute atomic E-state index is 0.0502. The number of aliphatic hydroxyl groups excluding tert-OH is 1. The SMILES string of the molecule is CC(C)Oc1ccccc1C(O)CSc1cccc(F)c1. The van der Waals surface area contributed by atoms with Gasteiger partial charge in [0, 0.05) is 16.2 Å². The summed E-state index contributed by atoms with van der Waals surface area (Å²) in [7, 11) is 0. The predicted octanol–water partition coefficient (Wildman–Crippen LogP) is 4.44. The molecule has 2 aromatic carbocycles. The van der Waals surface area contributed by atoms with Crippen LogP contribution in [0, 0.1) is 5.82 Å². The molecule has 0 amide bonds. The molecule has 0 aliphatic rings. The number of benzene rings is 2. The summed E-state index contributed by atoms with van der Waals surface area (Å²) in [6, 6.07) is 13.8. The molecule has 0 spiro atoms. The number of hydrogen-bond acceptors (Lipinski definition) is 3. The van der Waals surface area contributed by atoms with E-state index in [2.05, 4.69) is 0 Å². The monoisotopic (exact) mass is 306 g/mol. The Kier molecular flexibility index (Phi) is 5.65. The van der Waals surface area contributed by atoms with Gasteiger partial charge in [-0.1, -0.05) is 24.3 Å². The summed E-state index contributed by atoms with van der Waals surface area (Å²) in [5.74, 6) is 0.875. The number of halogens is 1. The van der Waals surface area contributed by atoms with Crippen molar-refractivity contribution >= 4 is 11.8 Å². The van der Waals surface area contributed by atoms with Crippen molar-refractivity contribution in [1.82, 2.24) is 0 Å². The lowest BCUT2D eigenvalue weighted by Crippen LogP contribution is -2.10. The number of hydrogen-bond donors (Lipinski definition) is 1. The Morgan fingerprint density at radius 1 is 1.14 bits per heavy atom. The van der Waals surface area contributed by atoms with Gasteiger partial charge in [-0.2, -0.15) is 0 Å². The topological polar surface area (TPSA) is 29.5 Å². The molecule has 0 bridgehead atoms. The first-order valence-electron chi connectivity index (χ1n) is 6.88. The van der Waals surface area contributed by atoms with Gasteiger partial charge in [-0.3, -0.25) is 0 Å². The molecule has 0 aromatic heterocycles. The maximum Gasteiger partial charge on any atom is 0.125 e. The molecule has 0 fully saturated rings. The zero-order valence-electron chi connectivity index (χ0n) is 12.1. The summed E-state index contributed by atoms with van der Waals surface area (Å²) < 4.78 is 18.8. The van der Waals surface area contributed by atoms with Gasteiger partial charge in [-0.05, 0) is 38.1 Å². The van der Waals surface area contributed by atoms with Crippen molar-refractivity contribution in [3.8, 4) is 5.75 Å². The van der Waals surface area contributed by atoms with E-state index in [0.717, 1.165) is 10.5 Å². The van der Waals surface area contributed by atoms with Crippen molar-refractivity contribution < 1.29 is 14.2 Å². The van der Waals surface area contributed by atoms with Gasteiger partial charge in [-0.25, -0.2) is 4.39 Å². The molecular formula is C17H19FO2S. The Morgan fingerprint density at radius 2 is 1.90 bits per heavy atom.